The van der Waals surface area contributed by atoms with Crippen molar-refractivity contribution >= 4 is 75.1 Å². The van der Waals surface area contributed by atoms with Gasteiger partial charge in [-0.2, -0.15) is 0 Å². The van der Waals surface area contributed by atoms with Gasteiger partial charge in [0, 0.05) is 52.8 Å². The van der Waals surface area contributed by atoms with Crippen LogP contribution < -0.4 is 0 Å². The molecular weight excluding hydrogens is 348 g/mol. The van der Waals surface area contributed by atoms with Crippen molar-refractivity contribution in [2.75, 3.05) is 0 Å². The summed E-state index contributed by atoms with van der Waals surface area (Å²) in [6, 6.07) is 26.0. The molecule has 4 aromatic carbocycles. The number of fused-ring (bicyclic) bond motifs is 12. The average Bonchev–Trinajstić information content (AvgIpc) is 3.38. The molecule has 0 fully saturated rings. The summed E-state index contributed by atoms with van der Waals surface area (Å²) >= 11 is 1.90. The van der Waals surface area contributed by atoms with E-state index in [9.17, 15) is 0 Å². The molecule has 0 radical (unpaired) electrons. The highest BCUT2D eigenvalue weighted by atomic mass is 32.1. The summed E-state index contributed by atoms with van der Waals surface area (Å²) in [6.07, 6.45) is 0. The number of para-hydroxylation sites is 2. The lowest BCUT2D eigenvalue weighted by atomic mass is 10.0. The zero-order valence-corrected chi connectivity index (χ0v) is 15.2. The van der Waals surface area contributed by atoms with E-state index in [1.165, 1.54) is 63.8 Å². The normalized spacial score (nSPS) is 12.4. The zero-order valence-electron chi connectivity index (χ0n) is 14.3. The van der Waals surface area contributed by atoms with Gasteiger partial charge >= 0.3 is 0 Å². The minimum Gasteiger partial charge on any atom is -0.354 e. The molecule has 27 heavy (non-hydrogen) atoms. The van der Waals surface area contributed by atoms with E-state index in [0.29, 0.717) is 0 Å². The van der Waals surface area contributed by atoms with Crippen LogP contribution >= 0.6 is 11.3 Å². The van der Waals surface area contributed by atoms with Gasteiger partial charge in [0.05, 0.1) is 11.0 Å². The SMILES string of the molecule is c1ccc2c(c1)[nH]c1c2c2[nH]c3ccccc3c2c2sc3ccccc3c12. The van der Waals surface area contributed by atoms with Crippen LogP contribution in [0.2, 0.25) is 0 Å². The lowest BCUT2D eigenvalue weighted by molar-refractivity contribution is 1.56. The highest BCUT2D eigenvalue weighted by molar-refractivity contribution is 7.27. The third-order valence-corrected chi connectivity index (χ3v) is 6.92. The van der Waals surface area contributed by atoms with Crippen molar-refractivity contribution in [3.8, 4) is 0 Å². The number of nitrogens with one attached hydrogen (secondary N) is 2. The summed E-state index contributed by atoms with van der Waals surface area (Å²) in [7, 11) is 0. The van der Waals surface area contributed by atoms with Gasteiger partial charge in [0.15, 0.2) is 0 Å². The number of benzene rings is 4. The van der Waals surface area contributed by atoms with Crippen LogP contribution in [0.4, 0.5) is 0 Å². The zero-order chi connectivity index (χ0) is 17.5. The maximum Gasteiger partial charge on any atom is 0.0581 e. The predicted octanol–water partition coefficient (Wildman–Crippen LogP) is 7.32. The maximum absolute atomic E-state index is 3.72. The van der Waals surface area contributed by atoms with E-state index in [0.717, 1.165) is 0 Å². The van der Waals surface area contributed by atoms with Gasteiger partial charge in [0.2, 0.25) is 0 Å². The Kier molecular flexibility index (Phi) is 2.41. The van der Waals surface area contributed by atoms with E-state index < -0.39 is 0 Å². The van der Waals surface area contributed by atoms with Crippen molar-refractivity contribution < 1.29 is 0 Å². The van der Waals surface area contributed by atoms with Crippen LogP contribution in [0.15, 0.2) is 72.8 Å². The first kappa shape index (κ1) is 13.8. The molecule has 0 spiro atoms. The smallest absolute Gasteiger partial charge is 0.0581 e. The fourth-order valence-electron chi connectivity index (χ4n) is 4.62. The minimum absolute atomic E-state index is 1.19. The lowest BCUT2D eigenvalue weighted by Crippen LogP contribution is -1.76. The number of rotatable bonds is 0. The summed E-state index contributed by atoms with van der Waals surface area (Å²) < 4.78 is 2.70. The molecule has 3 heteroatoms. The Balaban J connectivity index is 1.95. The Morgan fingerprint density at radius 2 is 1.04 bits per heavy atom. The third-order valence-electron chi connectivity index (χ3n) is 5.73. The van der Waals surface area contributed by atoms with Crippen molar-refractivity contribution in [1.82, 2.24) is 9.97 Å². The van der Waals surface area contributed by atoms with Crippen molar-refractivity contribution in [2.24, 2.45) is 0 Å². The number of aromatic nitrogens is 2. The maximum atomic E-state index is 3.72. The Hall–Kier alpha value is -3.30. The lowest BCUT2D eigenvalue weighted by Gasteiger charge is -2.00. The Morgan fingerprint density at radius 3 is 1.74 bits per heavy atom. The number of thiophene rings is 1. The van der Waals surface area contributed by atoms with E-state index in [4.69, 9.17) is 0 Å². The number of hydrogen-bond acceptors (Lipinski definition) is 1. The molecule has 2 nitrogen and oxygen atoms in total. The van der Waals surface area contributed by atoms with Crippen molar-refractivity contribution in [1.29, 1.82) is 0 Å². The number of aromatic amines is 2. The monoisotopic (exact) mass is 362 g/mol. The van der Waals surface area contributed by atoms with E-state index in [-0.39, 0.29) is 0 Å². The van der Waals surface area contributed by atoms with Crippen LogP contribution in [0.5, 0.6) is 0 Å². The van der Waals surface area contributed by atoms with Gasteiger partial charge in [-0.25, -0.2) is 0 Å². The highest BCUT2D eigenvalue weighted by Gasteiger charge is 2.20. The summed E-state index contributed by atoms with van der Waals surface area (Å²) in [5.41, 5.74) is 4.87. The van der Waals surface area contributed by atoms with Crippen LogP contribution in [-0.2, 0) is 0 Å². The predicted molar refractivity (Wildman–Crippen MR) is 118 cm³/mol. The number of hydrogen-bond donors (Lipinski definition) is 2. The van der Waals surface area contributed by atoms with E-state index >= 15 is 0 Å². The molecule has 0 aliphatic rings. The molecular formula is C24H14N2S. The Bertz CT molecular complexity index is 1450. The second-order valence-corrected chi connectivity index (χ2v) is 8.20. The molecule has 0 aliphatic heterocycles. The standard InChI is InChI=1S/C24H14N2S/c1-4-10-16-13(7-1)19-22-20(14-8-2-5-11-17(14)26-22)24-21(23(19)25-16)15-9-3-6-12-18(15)27-24/h1-12,25-26H. The highest BCUT2D eigenvalue weighted by Crippen LogP contribution is 2.47. The van der Waals surface area contributed by atoms with E-state index in [1.54, 1.807) is 0 Å². The Morgan fingerprint density at radius 1 is 0.519 bits per heavy atom. The summed E-state index contributed by atoms with van der Waals surface area (Å²) in [4.78, 5) is 7.44. The molecule has 0 bridgehead atoms. The van der Waals surface area contributed by atoms with Gasteiger partial charge in [-0.15, -0.1) is 11.3 Å². The van der Waals surface area contributed by atoms with Crippen LogP contribution in [0, 0.1) is 0 Å². The van der Waals surface area contributed by atoms with Gasteiger partial charge in [-0.3, -0.25) is 0 Å². The molecule has 3 heterocycles. The second-order valence-electron chi connectivity index (χ2n) is 7.14. The van der Waals surface area contributed by atoms with Gasteiger partial charge in [-0.05, 0) is 18.2 Å². The topological polar surface area (TPSA) is 31.6 Å². The molecule has 0 saturated carbocycles. The largest absolute Gasteiger partial charge is 0.354 e. The van der Waals surface area contributed by atoms with Crippen LogP contribution in [0.25, 0.3) is 63.8 Å². The average molecular weight is 362 g/mol. The van der Waals surface area contributed by atoms with Gasteiger partial charge < -0.3 is 9.97 Å². The number of H-pyrrole nitrogens is 2. The molecule has 0 saturated heterocycles. The molecule has 7 rings (SSSR count). The van der Waals surface area contributed by atoms with Crippen LogP contribution in [-0.4, -0.2) is 9.97 Å². The molecule has 3 aromatic heterocycles. The molecule has 0 atom stereocenters. The van der Waals surface area contributed by atoms with Gasteiger partial charge in [0.25, 0.3) is 0 Å². The summed E-state index contributed by atoms with van der Waals surface area (Å²) in [5, 5.41) is 7.91. The third kappa shape index (κ3) is 1.61. The molecule has 7 aromatic rings. The minimum atomic E-state index is 1.19. The van der Waals surface area contributed by atoms with E-state index in [1.807, 2.05) is 11.3 Å². The van der Waals surface area contributed by atoms with Crippen molar-refractivity contribution in [3.05, 3.63) is 72.8 Å². The second kappa shape index (κ2) is 4.70. The van der Waals surface area contributed by atoms with Gasteiger partial charge in [-0.1, -0.05) is 54.6 Å². The summed E-state index contributed by atoms with van der Waals surface area (Å²) in [6.45, 7) is 0. The molecule has 0 aliphatic carbocycles. The first-order valence-electron chi connectivity index (χ1n) is 9.14. The van der Waals surface area contributed by atoms with Gasteiger partial charge in [0.1, 0.15) is 0 Å². The Labute approximate surface area is 158 Å². The molecule has 2 N–H and O–H groups in total. The quantitative estimate of drug-likeness (QED) is 0.283. The molecule has 0 unspecified atom stereocenters. The molecule has 0 amide bonds. The first-order chi connectivity index (χ1) is 13.4. The van der Waals surface area contributed by atoms with Crippen LogP contribution in [0.1, 0.15) is 0 Å². The summed E-state index contributed by atoms with van der Waals surface area (Å²) in [5.74, 6) is 0. The first-order valence-corrected chi connectivity index (χ1v) is 9.96. The molecule has 126 valence electrons. The van der Waals surface area contributed by atoms with Crippen LogP contribution in [0.3, 0.4) is 0 Å². The van der Waals surface area contributed by atoms with Crippen molar-refractivity contribution in [2.45, 2.75) is 0 Å². The van der Waals surface area contributed by atoms with Crippen molar-refractivity contribution in [3.63, 3.8) is 0 Å². The fraction of sp³-hybridized carbons (Fsp3) is 0. The van der Waals surface area contributed by atoms with E-state index in [2.05, 4.69) is 82.8 Å². The fourth-order valence-corrected chi connectivity index (χ4v) is 5.90.